The van der Waals surface area contributed by atoms with Crippen LogP contribution in [-0.2, 0) is 16.0 Å². The highest BCUT2D eigenvalue weighted by molar-refractivity contribution is 7.22. The number of carbonyl (C=O) groups is 1. The predicted octanol–water partition coefficient (Wildman–Crippen LogP) is 4.07. The first-order valence-electron chi connectivity index (χ1n) is 10.3. The van der Waals surface area contributed by atoms with Crippen molar-refractivity contribution in [1.29, 1.82) is 0 Å². The SMILES string of the molecule is Cc1cc(Cl)cc2sc(N(CCN3CCOCC3)C(=O)Cc3ccc([N+](=O)[O-])cc3)nc12. The molecule has 8 nitrogen and oxygen atoms in total. The third kappa shape index (κ3) is 5.24. The Kier molecular flexibility index (Phi) is 7.00. The van der Waals surface area contributed by atoms with Crippen LogP contribution in [0.1, 0.15) is 11.1 Å². The quantitative estimate of drug-likeness (QED) is 0.378. The molecule has 0 aliphatic carbocycles. The van der Waals surface area contributed by atoms with Gasteiger partial charge in [0.2, 0.25) is 5.91 Å². The van der Waals surface area contributed by atoms with Gasteiger partial charge in [-0.3, -0.25) is 24.7 Å². The second-order valence-corrected chi connectivity index (χ2v) is 9.11. The number of morpholine rings is 1. The number of aryl methyl sites for hydroxylation is 1. The second kappa shape index (κ2) is 9.91. The van der Waals surface area contributed by atoms with Crippen molar-refractivity contribution in [1.82, 2.24) is 9.88 Å². The van der Waals surface area contributed by atoms with E-state index in [0.717, 1.165) is 34.4 Å². The maximum Gasteiger partial charge on any atom is 0.269 e. The first kappa shape index (κ1) is 22.6. The van der Waals surface area contributed by atoms with Crippen LogP contribution in [-0.4, -0.2) is 60.1 Å². The van der Waals surface area contributed by atoms with Crippen molar-refractivity contribution >= 4 is 49.9 Å². The Balaban J connectivity index is 1.58. The molecule has 1 amide bonds. The number of benzene rings is 2. The Hall–Kier alpha value is -2.59. The number of halogens is 1. The van der Waals surface area contributed by atoms with Gasteiger partial charge in [-0.2, -0.15) is 0 Å². The van der Waals surface area contributed by atoms with Gasteiger partial charge in [0.1, 0.15) is 0 Å². The molecule has 0 N–H and O–H groups in total. The summed E-state index contributed by atoms with van der Waals surface area (Å²) in [6.07, 6.45) is 0.136. The summed E-state index contributed by atoms with van der Waals surface area (Å²) in [6.45, 7) is 6.21. The highest BCUT2D eigenvalue weighted by Crippen LogP contribution is 2.33. The van der Waals surface area contributed by atoms with Crippen LogP contribution in [0.25, 0.3) is 10.2 Å². The molecule has 0 atom stereocenters. The Morgan fingerprint density at radius 2 is 2.00 bits per heavy atom. The number of aromatic nitrogens is 1. The van der Waals surface area contributed by atoms with E-state index in [2.05, 4.69) is 4.90 Å². The van der Waals surface area contributed by atoms with Crippen molar-refractivity contribution in [2.45, 2.75) is 13.3 Å². The van der Waals surface area contributed by atoms with E-state index in [1.54, 1.807) is 17.0 Å². The van der Waals surface area contributed by atoms with Crippen molar-refractivity contribution in [3.05, 3.63) is 62.7 Å². The third-order valence-corrected chi connectivity index (χ3v) is 6.66. The normalized spacial score (nSPS) is 14.6. The molecule has 2 aromatic carbocycles. The summed E-state index contributed by atoms with van der Waals surface area (Å²) in [5, 5.41) is 12.2. The standard InChI is InChI=1S/C22H23ClN4O4S/c1-15-12-17(23)14-19-21(15)24-22(32-19)26(7-6-25-8-10-31-11-9-25)20(28)13-16-2-4-18(5-3-16)27(29)30/h2-5,12,14H,6-11,13H2,1H3. The van der Waals surface area contributed by atoms with Gasteiger partial charge in [-0.15, -0.1) is 0 Å². The number of nitro groups is 1. The average Bonchev–Trinajstić information content (AvgIpc) is 3.19. The molecular formula is C22H23ClN4O4S. The van der Waals surface area contributed by atoms with Crippen LogP contribution < -0.4 is 4.90 Å². The van der Waals surface area contributed by atoms with Crippen molar-refractivity contribution in [3.63, 3.8) is 0 Å². The zero-order valence-electron chi connectivity index (χ0n) is 17.6. The molecule has 168 valence electrons. The smallest absolute Gasteiger partial charge is 0.269 e. The van der Waals surface area contributed by atoms with Crippen LogP contribution in [0.15, 0.2) is 36.4 Å². The number of hydrogen-bond donors (Lipinski definition) is 0. The van der Waals surface area contributed by atoms with Gasteiger partial charge in [-0.05, 0) is 30.2 Å². The molecule has 2 heterocycles. The maximum absolute atomic E-state index is 13.3. The summed E-state index contributed by atoms with van der Waals surface area (Å²) < 4.78 is 6.35. The number of thiazole rings is 1. The number of nitrogens with zero attached hydrogens (tertiary/aromatic N) is 4. The summed E-state index contributed by atoms with van der Waals surface area (Å²) in [7, 11) is 0. The van der Waals surface area contributed by atoms with Crippen molar-refractivity contribution in [2.75, 3.05) is 44.3 Å². The van der Waals surface area contributed by atoms with Crippen molar-refractivity contribution in [2.24, 2.45) is 0 Å². The number of rotatable bonds is 7. The van der Waals surface area contributed by atoms with E-state index in [1.807, 2.05) is 19.1 Å². The fourth-order valence-electron chi connectivity index (χ4n) is 3.66. The maximum atomic E-state index is 13.3. The van der Waals surface area contributed by atoms with E-state index >= 15 is 0 Å². The molecule has 0 bridgehead atoms. The topological polar surface area (TPSA) is 88.8 Å². The molecule has 0 radical (unpaired) electrons. The highest BCUT2D eigenvalue weighted by atomic mass is 35.5. The van der Waals surface area contributed by atoms with E-state index in [1.165, 1.54) is 23.5 Å². The molecule has 32 heavy (non-hydrogen) atoms. The molecule has 10 heteroatoms. The van der Waals surface area contributed by atoms with Gasteiger partial charge in [-0.1, -0.05) is 35.1 Å². The number of ether oxygens (including phenoxy) is 1. The van der Waals surface area contributed by atoms with E-state index in [-0.39, 0.29) is 18.0 Å². The number of amides is 1. The summed E-state index contributed by atoms with van der Waals surface area (Å²) in [6, 6.07) is 9.82. The van der Waals surface area contributed by atoms with Crippen LogP contribution in [0.3, 0.4) is 0 Å². The Labute approximate surface area is 194 Å². The minimum atomic E-state index is -0.450. The number of non-ortho nitro benzene ring substituents is 1. The largest absolute Gasteiger partial charge is 0.379 e. The average molecular weight is 475 g/mol. The van der Waals surface area contributed by atoms with Crippen LogP contribution in [0.2, 0.25) is 5.02 Å². The summed E-state index contributed by atoms with van der Waals surface area (Å²) in [5.41, 5.74) is 2.53. The van der Waals surface area contributed by atoms with E-state index in [4.69, 9.17) is 21.3 Å². The van der Waals surface area contributed by atoms with Gasteiger partial charge in [0.05, 0.1) is 34.8 Å². The monoisotopic (exact) mass is 474 g/mol. The van der Waals surface area contributed by atoms with Gasteiger partial charge in [0.25, 0.3) is 5.69 Å². The van der Waals surface area contributed by atoms with Gasteiger partial charge < -0.3 is 4.74 Å². The summed E-state index contributed by atoms with van der Waals surface area (Å²) >= 11 is 7.65. The lowest BCUT2D eigenvalue weighted by Gasteiger charge is -2.29. The molecule has 4 rings (SSSR count). The molecular weight excluding hydrogens is 452 g/mol. The van der Waals surface area contributed by atoms with E-state index in [9.17, 15) is 14.9 Å². The molecule has 1 aliphatic rings. The number of fused-ring (bicyclic) bond motifs is 1. The van der Waals surface area contributed by atoms with Gasteiger partial charge in [-0.25, -0.2) is 4.98 Å². The van der Waals surface area contributed by atoms with Crippen LogP contribution in [0, 0.1) is 17.0 Å². The number of hydrogen-bond acceptors (Lipinski definition) is 7. The molecule has 0 spiro atoms. The van der Waals surface area contributed by atoms with E-state index in [0.29, 0.717) is 36.5 Å². The first-order valence-corrected chi connectivity index (χ1v) is 11.5. The minimum absolute atomic E-state index is 0.00361. The molecule has 0 saturated carbocycles. The van der Waals surface area contributed by atoms with Gasteiger partial charge in [0, 0.05) is 43.3 Å². The minimum Gasteiger partial charge on any atom is -0.379 e. The molecule has 1 aromatic heterocycles. The molecule has 1 aliphatic heterocycles. The predicted molar refractivity (Wildman–Crippen MR) is 126 cm³/mol. The van der Waals surface area contributed by atoms with Gasteiger partial charge >= 0.3 is 0 Å². The fourth-order valence-corrected chi connectivity index (χ4v) is 5.12. The Bertz CT molecular complexity index is 1130. The number of nitro benzene ring substituents is 1. The second-order valence-electron chi connectivity index (χ2n) is 7.67. The molecule has 1 saturated heterocycles. The van der Waals surface area contributed by atoms with Crippen LogP contribution in [0.5, 0.6) is 0 Å². The lowest BCUT2D eigenvalue weighted by molar-refractivity contribution is -0.384. The summed E-state index contributed by atoms with van der Waals surface area (Å²) in [5.74, 6) is -0.102. The zero-order chi connectivity index (χ0) is 22.7. The molecule has 3 aromatic rings. The number of anilines is 1. The highest BCUT2D eigenvalue weighted by Gasteiger charge is 2.22. The fraction of sp³-hybridized carbons (Fsp3) is 0.364. The zero-order valence-corrected chi connectivity index (χ0v) is 19.2. The van der Waals surface area contributed by atoms with E-state index < -0.39 is 4.92 Å². The Morgan fingerprint density at radius 3 is 2.69 bits per heavy atom. The van der Waals surface area contributed by atoms with Crippen LogP contribution in [0.4, 0.5) is 10.8 Å². The number of carbonyl (C=O) groups excluding carboxylic acids is 1. The third-order valence-electron chi connectivity index (χ3n) is 5.42. The molecule has 0 unspecified atom stereocenters. The first-order chi connectivity index (χ1) is 15.4. The summed E-state index contributed by atoms with van der Waals surface area (Å²) in [4.78, 5) is 32.5. The van der Waals surface area contributed by atoms with Crippen LogP contribution >= 0.6 is 22.9 Å². The van der Waals surface area contributed by atoms with Gasteiger partial charge in [0.15, 0.2) is 5.13 Å². The molecule has 1 fully saturated rings. The lowest BCUT2D eigenvalue weighted by Crippen LogP contribution is -2.43. The lowest BCUT2D eigenvalue weighted by atomic mass is 10.1. The van der Waals surface area contributed by atoms with Crippen molar-refractivity contribution < 1.29 is 14.5 Å². The van der Waals surface area contributed by atoms with Crippen molar-refractivity contribution in [3.8, 4) is 0 Å². The Morgan fingerprint density at radius 1 is 1.28 bits per heavy atom.